The summed E-state index contributed by atoms with van der Waals surface area (Å²) in [5.41, 5.74) is 8.81. The van der Waals surface area contributed by atoms with E-state index in [0.29, 0.717) is 33.5 Å². The molecule has 0 saturated heterocycles. The van der Waals surface area contributed by atoms with Crippen molar-refractivity contribution in [3.8, 4) is 17.0 Å². The van der Waals surface area contributed by atoms with Crippen molar-refractivity contribution in [3.05, 3.63) is 46.9 Å². The fourth-order valence-corrected chi connectivity index (χ4v) is 4.75. The molecule has 1 atom stereocenters. The molecule has 196 valence electrons. The number of amides is 1. The molecule has 0 aliphatic heterocycles. The Morgan fingerprint density at radius 1 is 1.16 bits per heavy atom. The molecule has 1 amide bonds. The fraction of sp³-hybridized carbons (Fsp3) is 0.407. The van der Waals surface area contributed by atoms with Crippen LogP contribution in [0.2, 0.25) is 5.02 Å². The normalized spacial score (nSPS) is 18.6. The number of benzene rings is 1. The largest absolute Gasteiger partial charge is 0.504 e. The second-order valence-corrected chi connectivity index (χ2v) is 10.3. The zero-order valence-corrected chi connectivity index (χ0v) is 21.8. The number of Topliss-reactive ketones (excluding diaryl/α,β-unsaturated/α-hetero) is 1. The van der Waals surface area contributed by atoms with E-state index in [0.717, 1.165) is 31.7 Å². The Balaban J connectivity index is 1.60. The van der Waals surface area contributed by atoms with E-state index in [1.54, 1.807) is 12.1 Å². The minimum absolute atomic E-state index is 0.0516. The Morgan fingerprint density at radius 2 is 1.84 bits per heavy atom. The van der Waals surface area contributed by atoms with Gasteiger partial charge in [-0.1, -0.05) is 25.4 Å². The van der Waals surface area contributed by atoms with Gasteiger partial charge in [-0.15, -0.1) is 0 Å². The number of nitrogens with zero attached hydrogens (tertiary/aromatic N) is 2. The van der Waals surface area contributed by atoms with Gasteiger partial charge in [0.1, 0.15) is 5.52 Å². The van der Waals surface area contributed by atoms with Gasteiger partial charge in [-0.25, -0.2) is 9.37 Å². The highest BCUT2D eigenvalue weighted by molar-refractivity contribution is 6.32. The van der Waals surface area contributed by atoms with E-state index in [1.807, 2.05) is 13.8 Å². The van der Waals surface area contributed by atoms with Gasteiger partial charge in [-0.2, -0.15) is 0 Å². The topological polar surface area (TPSA) is 130 Å². The number of nitrogens with one attached hydrogen (secondary N) is 2. The number of pyridine rings is 2. The molecular weight excluding hydrogens is 497 g/mol. The number of hydrogen-bond acceptors (Lipinski definition) is 7. The quantitative estimate of drug-likeness (QED) is 0.324. The van der Waals surface area contributed by atoms with Crippen LogP contribution in [0.25, 0.3) is 22.3 Å². The van der Waals surface area contributed by atoms with Crippen LogP contribution < -0.4 is 16.4 Å². The molecule has 37 heavy (non-hydrogen) atoms. The van der Waals surface area contributed by atoms with Crippen LogP contribution in [0.4, 0.5) is 10.1 Å². The van der Waals surface area contributed by atoms with Crippen molar-refractivity contribution in [1.29, 1.82) is 0 Å². The van der Waals surface area contributed by atoms with Crippen LogP contribution in [0.3, 0.4) is 0 Å². The highest BCUT2D eigenvalue weighted by Crippen LogP contribution is 2.34. The number of fused-ring (bicyclic) bond motifs is 1. The summed E-state index contributed by atoms with van der Waals surface area (Å²) in [6.45, 7) is 5.31. The number of anilines is 1. The maximum Gasteiger partial charge on any atom is 0.237 e. The Morgan fingerprint density at radius 3 is 2.46 bits per heavy atom. The van der Waals surface area contributed by atoms with Gasteiger partial charge in [-0.3, -0.25) is 14.6 Å². The summed E-state index contributed by atoms with van der Waals surface area (Å²) in [4.78, 5) is 33.9. The van der Waals surface area contributed by atoms with E-state index in [-0.39, 0.29) is 34.7 Å². The lowest BCUT2D eigenvalue weighted by molar-refractivity contribution is -0.124. The third-order valence-electron chi connectivity index (χ3n) is 6.85. The lowest BCUT2D eigenvalue weighted by Gasteiger charge is -2.31. The second-order valence-electron chi connectivity index (χ2n) is 9.93. The number of nitrogens with two attached hydrogens (primary N) is 1. The molecule has 10 heteroatoms. The number of halogens is 2. The zero-order chi connectivity index (χ0) is 26.9. The predicted molar refractivity (Wildman–Crippen MR) is 142 cm³/mol. The number of ketones is 1. The summed E-state index contributed by atoms with van der Waals surface area (Å²) in [6.07, 6.45) is 4.64. The summed E-state index contributed by atoms with van der Waals surface area (Å²) < 4.78 is 14.1. The molecule has 0 radical (unpaired) electrons. The molecule has 8 nitrogen and oxygen atoms in total. The Kier molecular flexibility index (Phi) is 7.94. The van der Waals surface area contributed by atoms with Crippen LogP contribution in [-0.4, -0.2) is 44.9 Å². The molecule has 3 aromatic rings. The molecule has 1 fully saturated rings. The van der Waals surface area contributed by atoms with Gasteiger partial charge in [0.15, 0.2) is 17.3 Å². The SMILES string of the molecule is CC(=O)c1cnc2ccc(-c3cc(F)c(O)c(Cl)c3)nc2c1NC1CCC(NC(=O)C(N)C(C)C)CC1. The molecule has 2 heterocycles. The maximum absolute atomic E-state index is 14.1. The monoisotopic (exact) mass is 527 g/mol. The Bertz CT molecular complexity index is 1320. The minimum atomic E-state index is -0.850. The predicted octanol–water partition coefficient (Wildman–Crippen LogP) is 4.82. The molecule has 0 spiro atoms. The number of carbonyl (C=O) groups is 2. The van der Waals surface area contributed by atoms with E-state index in [4.69, 9.17) is 22.3 Å². The summed E-state index contributed by atoms with van der Waals surface area (Å²) in [6, 6.07) is 5.60. The van der Waals surface area contributed by atoms with Crippen molar-refractivity contribution in [2.75, 3.05) is 5.32 Å². The average molecular weight is 528 g/mol. The summed E-state index contributed by atoms with van der Waals surface area (Å²) >= 11 is 5.97. The van der Waals surface area contributed by atoms with Gasteiger partial charge in [-0.05, 0) is 62.8 Å². The van der Waals surface area contributed by atoms with Crippen LogP contribution in [-0.2, 0) is 4.79 Å². The first kappa shape index (κ1) is 26.8. The van der Waals surface area contributed by atoms with Crippen molar-refractivity contribution in [2.24, 2.45) is 11.7 Å². The Labute approximate surface area is 219 Å². The number of carbonyl (C=O) groups excluding carboxylic acids is 2. The number of rotatable bonds is 7. The maximum atomic E-state index is 14.1. The fourth-order valence-electron chi connectivity index (χ4n) is 4.54. The van der Waals surface area contributed by atoms with E-state index in [2.05, 4.69) is 15.6 Å². The van der Waals surface area contributed by atoms with Crippen molar-refractivity contribution in [2.45, 2.75) is 64.6 Å². The molecule has 1 unspecified atom stereocenters. The number of phenols is 1. The smallest absolute Gasteiger partial charge is 0.237 e. The number of phenolic OH excluding ortho intramolecular Hbond substituents is 1. The highest BCUT2D eigenvalue weighted by Gasteiger charge is 2.27. The first-order valence-electron chi connectivity index (χ1n) is 12.4. The third-order valence-corrected chi connectivity index (χ3v) is 7.14. The lowest BCUT2D eigenvalue weighted by Crippen LogP contribution is -2.49. The van der Waals surface area contributed by atoms with Crippen LogP contribution in [0.5, 0.6) is 5.75 Å². The van der Waals surface area contributed by atoms with Gasteiger partial charge in [0.05, 0.1) is 33.5 Å². The standard InChI is InChI=1S/C27H31ClFN5O3/c1-13(2)23(30)27(37)33-17-6-4-16(5-7-17)32-24-18(14(3)35)12-31-22-9-8-21(34-25(22)24)15-10-19(28)26(36)20(29)11-15/h8-13,16-17,23,36H,4-7,30H2,1-3H3,(H,31,32)(H,33,37). The highest BCUT2D eigenvalue weighted by atomic mass is 35.5. The number of aromatic nitrogens is 2. The van der Waals surface area contributed by atoms with Gasteiger partial charge in [0.2, 0.25) is 5.91 Å². The van der Waals surface area contributed by atoms with Crippen molar-refractivity contribution >= 4 is 40.0 Å². The summed E-state index contributed by atoms with van der Waals surface area (Å²) in [5, 5.41) is 16.1. The first-order valence-corrected chi connectivity index (χ1v) is 12.7. The number of hydrogen-bond donors (Lipinski definition) is 4. The Hall–Kier alpha value is -3.30. The summed E-state index contributed by atoms with van der Waals surface area (Å²) in [7, 11) is 0. The van der Waals surface area contributed by atoms with Crippen LogP contribution in [0, 0.1) is 11.7 Å². The lowest BCUT2D eigenvalue weighted by atomic mass is 9.90. The second kappa shape index (κ2) is 11.0. The third kappa shape index (κ3) is 5.83. The summed E-state index contributed by atoms with van der Waals surface area (Å²) in [5.74, 6) is -1.70. The van der Waals surface area contributed by atoms with Crippen molar-refractivity contribution in [3.63, 3.8) is 0 Å². The van der Waals surface area contributed by atoms with Gasteiger partial charge >= 0.3 is 0 Å². The van der Waals surface area contributed by atoms with Crippen LogP contribution in [0.15, 0.2) is 30.5 Å². The molecule has 1 aromatic carbocycles. The molecule has 2 aromatic heterocycles. The first-order chi connectivity index (χ1) is 17.5. The zero-order valence-electron chi connectivity index (χ0n) is 21.0. The molecular formula is C27H31ClFN5O3. The van der Waals surface area contributed by atoms with Gasteiger partial charge in [0.25, 0.3) is 0 Å². The van der Waals surface area contributed by atoms with Gasteiger partial charge < -0.3 is 21.5 Å². The number of aromatic hydroxyl groups is 1. The van der Waals surface area contributed by atoms with Crippen molar-refractivity contribution < 1.29 is 19.1 Å². The minimum Gasteiger partial charge on any atom is -0.504 e. The molecule has 1 aliphatic carbocycles. The van der Waals surface area contributed by atoms with E-state index in [1.165, 1.54) is 19.2 Å². The average Bonchev–Trinajstić information content (AvgIpc) is 2.87. The van der Waals surface area contributed by atoms with Crippen LogP contribution in [0.1, 0.15) is 56.8 Å². The molecule has 5 N–H and O–H groups in total. The van der Waals surface area contributed by atoms with E-state index < -0.39 is 17.6 Å². The van der Waals surface area contributed by atoms with E-state index >= 15 is 0 Å². The van der Waals surface area contributed by atoms with E-state index in [9.17, 15) is 19.1 Å². The van der Waals surface area contributed by atoms with Crippen LogP contribution >= 0.6 is 11.6 Å². The molecule has 1 saturated carbocycles. The molecule has 4 rings (SSSR count). The molecule has 0 bridgehead atoms. The van der Waals surface area contributed by atoms with Crippen molar-refractivity contribution in [1.82, 2.24) is 15.3 Å². The molecule has 1 aliphatic rings. The van der Waals surface area contributed by atoms with Gasteiger partial charge in [0, 0.05) is 23.8 Å².